The van der Waals surface area contributed by atoms with Crippen LogP contribution in [0, 0.1) is 0 Å². The van der Waals surface area contributed by atoms with Crippen LogP contribution in [0.15, 0.2) is 81.7 Å². The summed E-state index contributed by atoms with van der Waals surface area (Å²) in [6.45, 7) is 0. The van der Waals surface area contributed by atoms with Gasteiger partial charge in [0, 0.05) is 20.3 Å². The molecule has 0 heterocycles. The Morgan fingerprint density at radius 1 is 0.667 bits per heavy atom. The first-order valence-corrected chi connectivity index (χ1v) is 8.18. The second-order valence-corrected chi connectivity index (χ2v) is 6.46. The summed E-state index contributed by atoms with van der Waals surface area (Å²) < 4.78 is 2.17. The first-order valence-electron chi connectivity index (χ1n) is 6.60. The van der Waals surface area contributed by atoms with Crippen molar-refractivity contribution in [2.45, 2.75) is 0 Å². The van der Waals surface area contributed by atoms with Gasteiger partial charge in [-0.05, 0) is 53.6 Å². The van der Waals surface area contributed by atoms with Gasteiger partial charge in [-0.2, -0.15) is 0 Å². The number of benzene rings is 3. The fourth-order valence-corrected chi connectivity index (χ4v) is 2.88. The van der Waals surface area contributed by atoms with Crippen molar-refractivity contribution >= 4 is 43.2 Å². The average Bonchev–Trinajstić information content (AvgIpc) is 2.52. The molecule has 0 atom stereocenters. The highest BCUT2D eigenvalue weighted by atomic mass is 79.9. The zero-order valence-electron chi connectivity index (χ0n) is 11.2. The van der Waals surface area contributed by atoms with Gasteiger partial charge >= 0.3 is 0 Å². The van der Waals surface area contributed by atoms with Gasteiger partial charge in [0.15, 0.2) is 0 Å². The summed E-state index contributed by atoms with van der Waals surface area (Å²) in [5.41, 5.74) is 4.51. The van der Waals surface area contributed by atoms with Crippen LogP contribution >= 0.6 is 31.9 Å². The predicted octanol–water partition coefficient (Wildman–Crippen LogP) is 6.62. The molecule has 0 bridgehead atoms. The van der Waals surface area contributed by atoms with E-state index >= 15 is 0 Å². The molecule has 0 aliphatic heterocycles. The van der Waals surface area contributed by atoms with E-state index in [-0.39, 0.29) is 0 Å². The van der Waals surface area contributed by atoms with E-state index in [0.717, 1.165) is 20.3 Å². The second-order valence-electron chi connectivity index (χ2n) is 4.69. The van der Waals surface area contributed by atoms with Crippen LogP contribution in [0.1, 0.15) is 0 Å². The molecule has 21 heavy (non-hydrogen) atoms. The lowest BCUT2D eigenvalue weighted by Crippen LogP contribution is -1.91. The van der Waals surface area contributed by atoms with Crippen LogP contribution in [0.2, 0.25) is 0 Å². The Morgan fingerprint density at radius 3 is 2.05 bits per heavy atom. The van der Waals surface area contributed by atoms with Crippen LogP contribution in [0.3, 0.4) is 0 Å². The van der Waals surface area contributed by atoms with Crippen molar-refractivity contribution in [1.82, 2.24) is 0 Å². The van der Waals surface area contributed by atoms with Crippen LogP contribution in [-0.2, 0) is 0 Å². The van der Waals surface area contributed by atoms with Crippen molar-refractivity contribution in [3.63, 3.8) is 0 Å². The summed E-state index contributed by atoms with van der Waals surface area (Å²) in [7, 11) is 0. The van der Waals surface area contributed by atoms with E-state index in [1.54, 1.807) is 0 Å². The van der Waals surface area contributed by atoms with Crippen LogP contribution in [0.4, 0.5) is 11.4 Å². The first kappa shape index (κ1) is 14.4. The van der Waals surface area contributed by atoms with E-state index in [4.69, 9.17) is 0 Å². The van der Waals surface area contributed by atoms with Crippen molar-refractivity contribution in [2.75, 3.05) is 5.32 Å². The summed E-state index contributed by atoms with van der Waals surface area (Å²) in [6, 6.07) is 24.8. The van der Waals surface area contributed by atoms with Gasteiger partial charge in [0.25, 0.3) is 0 Å². The van der Waals surface area contributed by atoms with Crippen LogP contribution in [-0.4, -0.2) is 0 Å². The Balaban J connectivity index is 1.92. The van der Waals surface area contributed by atoms with Gasteiger partial charge < -0.3 is 5.32 Å². The number of nitrogens with one attached hydrogen (secondary N) is 1. The third kappa shape index (κ3) is 3.55. The third-order valence-electron chi connectivity index (χ3n) is 3.18. The highest BCUT2D eigenvalue weighted by Gasteiger charge is 2.04. The molecule has 0 spiro atoms. The molecule has 0 fully saturated rings. The van der Waals surface area contributed by atoms with Gasteiger partial charge in [-0.25, -0.2) is 0 Å². The minimum Gasteiger partial charge on any atom is -0.356 e. The Morgan fingerprint density at radius 2 is 1.33 bits per heavy atom. The van der Waals surface area contributed by atoms with Gasteiger partial charge in [-0.15, -0.1) is 0 Å². The maximum absolute atomic E-state index is 3.63. The lowest BCUT2D eigenvalue weighted by atomic mass is 10.1. The van der Waals surface area contributed by atoms with Crippen molar-refractivity contribution in [3.05, 3.63) is 81.7 Å². The zero-order chi connectivity index (χ0) is 14.7. The largest absolute Gasteiger partial charge is 0.356 e. The normalized spacial score (nSPS) is 10.4. The van der Waals surface area contributed by atoms with E-state index < -0.39 is 0 Å². The van der Waals surface area contributed by atoms with Gasteiger partial charge in [0.2, 0.25) is 0 Å². The maximum atomic E-state index is 3.63. The van der Waals surface area contributed by atoms with E-state index in [2.05, 4.69) is 79.6 Å². The monoisotopic (exact) mass is 401 g/mol. The molecule has 0 unspecified atom stereocenters. The Labute approximate surface area is 141 Å². The first-order chi connectivity index (χ1) is 10.2. The van der Waals surface area contributed by atoms with Gasteiger partial charge in [-0.3, -0.25) is 0 Å². The van der Waals surface area contributed by atoms with E-state index in [0.29, 0.717) is 0 Å². The molecule has 1 N–H and O–H groups in total. The molecule has 0 aliphatic carbocycles. The van der Waals surface area contributed by atoms with Gasteiger partial charge in [0.05, 0.1) is 0 Å². The van der Waals surface area contributed by atoms with Crippen LogP contribution < -0.4 is 5.32 Å². The second kappa shape index (κ2) is 6.46. The minimum atomic E-state index is 1.07. The highest BCUT2D eigenvalue weighted by Crippen LogP contribution is 2.32. The van der Waals surface area contributed by atoms with Crippen LogP contribution in [0.5, 0.6) is 0 Å². The predicted molar refractivity (Wildman–Crippen MR) is 97.0 cm³/mol. The van der Waals surface area contributed by atoms with Crippen molar-refractivity contribution in [2.24, 2.45) is 0 Å². The number of rotatable bonds is 3. The molecule has 0 saturated heterocycles. The molecule has 0 aromatic heterocycles. The van der Waals surface area contributed by atoms with Crippen molar-refractivity contribution < 1.29 is 0 Å². The maximum Gasteiger partial charge on any atom is 0.0391 e. The Hall–Kier alpha value is -1.58. The summed E-state index contributed by atoms with van der Waals surface area (Å²) >= 11 is 7.08. The molecule has 3 aromatic rings. The molecule has 3 aromatic carbocycles. The zero-order valence-corrected chi connectivity index (χ0v) is 14.4. The Bertz CT molecular complexity index is 737. The highest BCUT2D eigenvalue weighted by molar-refractivity contribution is 9.10. The molecule has 0 saturated carbocycles. The Kier molecular flexibility index (Phi) is 4.42. The molecule has 104 valence electrons. The summed E-state index contributed by atoms with van der Waals surface area (Å²) in [5, 5.41) is 3.43. The van der Waals surface area contributed by atoms with Gasteiger partial charge in [-0.1, -0.05) is 62.2 Å². The molecule has 0 radical (unpaired) electrons. The minimum absolute atomic E-state index is 1.07. The molecule has 3 rings (SSSR count). The van der Waals surface area contributed by atoms with Gasteiger partial charge in [0.1, 0.15) is 0 Å². The summed E-state index contributed by atoms with van der Waals surface area (Å²) in [4.78, 5) is 0. The third-order valence-corrected chi connectivity index (χ3v) is 4.40. The fraction of sp³-hybridized carbons (Fsp3) is 0. The lowest BCUT2D eigenvalue weighted by Gasteiger charge is -2.11. The van der Waals surface area contributed by atoms with E-state index in [9.17, 15) is 0 Å². The smallest absolute Gasteiger partial charge is 0.0391 e. The molecular formula is C18H13Br2N. The summed E-state index contributed by atoms with van der Waals surface area (Å²) in [6.07, 6.45) is 0. The van der Waals surface area contributed by atoms with Crippen molar-refractivity contribution in [3.8, 4) is 11.1 Å². The summed E-state index contributed by atoms with van der Waals surface area (Å²) in [5.74, 6) is 0. The topological polar surface area (TPSA) is 12.0 Å². The number of hydrogen-bond acceptors (Lipinski definition) is 1. The SMILES string of the molecule is Brc1ccc(Nc2ccc(Br)c(-c3ccccc3)c2)cc1. The molecule has 1 nitrogen and oxygen atoms in total. The lowest BCUT2D eigenvalue weighted by molar-refractivity contribution is 1.51. The fourth-order valence-electron chi connectivity index (χ4n) is 2.14. The van der Waals surface area contributed by atoms with Crippen LogP contribution in [0.25, 0.3) is 11.1 Å². The van der Waals surface area contributed by atoms with E-state index in [1.165, 1.54) is 11.1 Å². The van der Waals surface area contributed by atoms with Crippen molar-refractivity contribution in [1.29, 1.82) is 0 Å². The standard InChI is InChI=1S/C18H13Br2N/c19-14-6-8-15(9-7-14)21-16-10-11-18(20)17(12-16)13-4-2-1-3-5-13/h1-12,21H. The average molecular weight is 403 g/mol. The molecular weight excluding hydrogens is 390 g/mol. The number of hydrogen-bond donors (Lipinski definition) is 1. The number of halogens is 2. The number of anilines is 2. The molecule has 0 aliphatic rings. The molecule has 3 heteroatoms. The quantitative estimate of drug-likeness (QED) is 0.518. The molecule has 0 amide bonds. The van der Waals surface area contributed by atoms with E-state index in [1.807, 2.05) is 30.3 Å².